The van der Waals surface area contributed by atoms with Gasteiger partial charge in [0.15, 0.2) is 0 Å². The molecule has 18 heavy (non-hydrogen) atoms. The first-order chi connectivity index (χ1) is 8.61. The summed E-state index contributed by atoms with van der Waals surface area (Å²) in [6.45, 7) is 1.92. The lowest BCUT2D eigenvalue weighted by atomic mass is 9.99. The fourth-order valence-electron chi connectivity index (χ4n) is 2.02. The molecule has 4 heteroatoms. The number of aryl methyl sites for hydroxylation is 1. The summed E-state index contributed by atoms with van der Waals surface area (Å²) in [6, 6.07) is 9.34. The van der Waals surface area contributed by atoms with E-state index < -0.39 is 0 Å². The molecule has 1 heterocycles. The van der Waals surface area contributed by atoms with E-state index in [4.69, 9.17) is 5.73 Å². The molecule has 0 fully saturated rings. The number of carbonyl (C=O) groups is 1. The second kappa shape index (κ2) is 5.14. The molecule has 4 nitrogen and oxygen atoms in total. The third-order valence-electron chi connectivity index (χ3n) is 2.89. The van der Waals surface area contributed by atoms with Gasteiger partial charge in [-0.15, -0.1) is 0 Å². The van der Waals surface area contributed by atoms with Crippen molar-refractivity contribution in [2.45, 2.75) is 19.4 Å². The van der Waals surface area contributed by atoms with E-state index in [2.05, 4.69) is 9.72 Å². The number of hydrogen-bond donors (Lipinski definition) is 1. The van der Waals surface area contributed by atoms with E-state index >= 15 is 0 Å². The average Bonchev–Trinajstić information content (AvgIpc) is 2.37. The minimum Gasteiger partial charge on any atom is -0.469 e. The van der Waals surface area contributed by atoms with Crippen LogP contribution in [-0.4, -0.2) is 18.1 Å². The van der Waals surface area contributed by atoms with Crippen molar-refractivity contribution in [3.05, 3.63) is 41.6 Å². The van der Waals surface area contributed by atoms with Crippen LogP contribution < -0.4 is 5.73 Å². The van der Waals surface area contributed by atoms with Crippen LogP contribution in [0.1, 0.15) is 23.7 Å². The molecule has 0 aliphatic carbocycles. The second-order valence-corrected chi connectivity index (χ2v) is 4.26. The van der Waals surface area contributed by atoms with Gasteiger partial charge in [0, 0.05) is 17.1 Å². The Hall–Kier alpha value is -1.94. The van der Waals surface area contributed by atoms with Crippen LogP contribution in [0.5, 0.6) is 0 Å². The summed E-state index contributed by atoms with van der Waals surface area (Å²) in [5, 5.41) is 0.986. The SMILES string of the molecule is COC(=O)C[C@@H](N)c1cc(C)nc2ccccc12. The fourth-order valence-corrected chi connectivity index (χ4v) is 2.02. The van der Waals surface area contributed by atoms with E-state index in [0.29, 0.717) is 0 Å². The monoisotopic (exact) mass is 244 g/mol. The Balaban J connectivity index is 2.46. The Morgan fingerprint density at radius 1 is 1.44 bits per heavy atom. The van der Waals surface area contributed by atoms with Crippen molar-refractivity contribution >= 4 is 16.9 Å². The van der Waals surface area contributed by atoms with Crippen molar-refractivity contribution in [2.24, 2.45) is 5.73 Å². The van der Waals surface area contributed by atoms with Gasteiger partial charge in [-0.25, -0.2) is 0 Å². The van der Waals surface area contributed by atoms with Gasteiger partial charge < -0.3 is 10.5 Å². The number of nitrogens with zero attached hydrogens (tertiary/aromatic N) is 1. The van der Waals surface area contributed by atoms with Crippen molar-refractivity contribution in [3.8, 4) is 0 Å². The Bertz CT molecular complexity index is 581. The minimum atomic E-state index is -0.371. The van der Waals surface area contributed by atoms with Gasteiger partial charge in [-0.1, -0.05) is 18.2 Å². The van der Waals surface area contributed by atoms with Crippen LogP contribution in [0.25, 0.3) is 10.9 Å². The van der Waals surface area contributed by atoms with Crippen molar-refractivity contribution in [3.63, 3.8) is 0 Å². The molecule has 0 aliphatic heterocycles. The number of carbonyl (C=O) groups excluding carboxylic acids is 1. The first-order valence-corrected chi connectivity index (χ1v) is 5.80. The van der Waals surface area contributed by atoms with E-state index in [1.807, 2.05) is 37.3 Å². The van der Waals surface area contributed by atoms with Gasteiger partial charge in [0.2, 0.25) is 0 Å². The maximum absolute atomic E-state index is 11.3. The van der Waals surface area contributed by atoms with Gasteiger partial charge in [-0.05, 0) is 24.6 Å². The van der Waals surface area contributed by atoms with E-state index in [-0.39, 0.29) is 18.4 Å². The predicted molar refractivity (Wildman–Crippen MR) is 70.0 cm³/mol. The third kappa shape index (κ3) is 2.49. The largest absolute Gasteiger partial charge is 0.469 e. The van der Waals surface area contributed by atoms with Crippen molar-refractivity contribution < 1.29 is 9.53 Å². The standard InChI is InChI=1S/C14H16N2O2/c1-9-7-11(12(15)8-14(17)18-2)10-5-3-4-6-13(10)16-9/h3-7,12H,8,15H2,1-2H3/t12-/m1/s1. The Kier molecular flexibility index (Phi) is 3.58. The number of hydrogen-bond acceptors (Lipinski definition) is 4. The number of rotatable bonds is 3. The molecule has 2 aromatic rings. The van der Waals surface area contributed by atoms with Crippen LogP contribution in [0.15, 0.2) is 30.3 Å². The van der Waals surface area contributed by atoms with Crippen LogP contribution >= 0.6 is 0 Å². The number of ether oxygens (including phenoxy) is 1. The first-order valence-electron chi connectivity index (χ1n) is 5.80. The molecule has 0 saturated heterocycles. The van der Waals surface area contributed by atoms with Crippen molar-refractivity contribution in [1.82, 2.24) is 4.98 Å². The zero-order chi connectivity index (χ0) is 13.1. The lowest BCUT2D eigenvalue weighted by Gasteiger charge is -2.14. The van der Waals surface area contributed by atoms with E-state index in [9.17, 15) is 4.79 Å². The summed E-state index contributed by atoms with van der Waals surface area (Å²) in [4.78, 5) is 15.7. The zero-order valence-corrected chi connectivity index (χ0v) is 10.5. The molecule has 1 atom stereocenters. The molecule has 2 rings (SSSR count). The molecule has 0 bridgehead atoms. The number of benzene rings is 1. The summed E-state index contributed by atoms with van der Waals surface area (Å²) >= 11 is 0. The molecular weight excluding hydrogens is 228 g/mol. The molecule has 1 aromatic carbocycles. The highest BCUT2D eigenvalue weighted by molar-refractivity contribution is 5.83. The Morgan fingerprint density at radius 2 is 2.17 bits per heavy atom. The maximum atomic E-state index is 11.3. The predicted octanol–water partition coefficient (Wildman–Crippen LogP) is 2.11. The highest BCUT2D eigenvalue weighted by Crippen LogP contribution is 2.24. The number of esters is 1. The van der Waals surface area contributed by atoms with Gasteiger partial charge in [-0.3, -0.25) is 9.78 Å². The van der Waals surface area contributed by atoms with Gasteiger partial charge >= 0.3 is 5.97 Å². The van der Waals surface area contributed by atoms with E-state index in [1.54, 1.807) is 0 Å². The minimum absolute atomic E-state index is 0.171. The zero-order valence-electron chi connectivity index (χ0n) is 10.5. The summed E-state index contributed by atoms with van der Waals surface area (Å²) in [5.74, 6) is -0.305. The molecule has 1 aromatic heterocycles. The van der Waals surface area contributed by atoms with E-state index in [1.165, 1.54) is 7.11 Å². The van der Waals surface area contributed by atoms with Crippen LogP contribution in [0.4, 0.5) is 0 Å². The topological polar surface area (TPSA) is 65.2 Å². The number of pyridine rings is 1. The third-order valence-corrected chi connectivity index (χ3v) is 2.89. The fraction of sp³-hybridized carbons (Fsp3) is 0.286. The van der Waals surface area contributed by atoms with E-state index in [0.717, 1.165) is 22.2 Å². The molecular formula is C14H16N2O2. The summed E-state index contributed by atoms with van der Waals surface area (Å²) in [6.07, 6.45) is 0.171. The number of methoxy groups -OCH3 is 1. The summed E-state index contributed by atoms with van der Waals surface area (Å²) in [7, 11) is 1.37. The summed E-state index contributed by atoms with van der Waals surface area (Å²) in [5.41, 5.74) is 8.80. The Morgan fingerprint density at radius 3 is 2.89 bits per heavy atom. The summed E-state index contributed by atoms with van der Waals surface area (Å²) < 4.78 is 4.65. The molecule has 0 amide bonds. The second-order valence-electron chi connectivity index (χ2n) is 4.26. The highest BCUT2D eigenvalue weighted by Gasteiger charge is 2.15. The Labute approximate surface area is 106 Å². The van der Waals surface area contributed by atoms with Crippen LogP contribution in [-0.2, 0) is 9.53 Å². The quantitative estimate of drug-likeness (QED) is 0.840. The molecule has 0 saturated carbocycles. The molecule has 0 unspecified atom stereocenters. The highest BCUT2D eigenvalue weighted by atomic mass is 16.5. The first kappa shape index (κ1) is 12.5. The normalized spacial score (nSPS) is 12.4. The lowest BCUT2D eigenvalue weighted by molar-refractivity contribution is -0.141. The van der Waals surface area contributed by atoms with Crippen molar-refractivity contribution in [1.29, 1.82) is 0 Å². The molecule has 0 aliphatic rings. The average molecular weight is 244 g/mol. The number of para-hydroxylation sites is 1. The van der Waals surface area contributed by atoms with Gasteiger partial charge in [0.05, 0.1) is 19.0 Å². The number of fused-ring (bicyclic) bond motifs is 1. The molecule has 94 valence electrons. The van der Waals surface area contributed by atoms with Crippen LogP contribution in [0.2, 0.25) is 0 Å². The van der Waals surface area contributed by atoms with Gasteiger partial charge in [-0.2, -0.15) is 0 Å². The van der Waals surface area contributed by atoms with Crippen molar-refractivity contribution in [2.75, 3.05) is 7.11 Å². The molecule has 2 N–H and O–H groups in total. The maximum Gasteiger partial charge on any atom is 0.307 e. The lowest BCUT2D eigenvalue weighted by Crippen LogP contribution is -2.17. The molecule has 0 radical (unpaired) electrons. The van der Waals surface area contributed by atoms with Crippen LogP contribution in [0.3, 0.4) is 0 Å². The number of nitrogens with two attached hydrogens (primary N) is 1. The van der Waals surface area contributed by atoms with Crippen LogP contribution in [0, 0.1) is 6.92 Å². The smallest absolute Gasteiger partial charge is 0.307 e. The van der Waals surface area contributed by atoms with Gasteiger partial charge in [0.1, 0.15) is 0 Å². The van der Waals surface area contributed by atoms with Gasteiger partial charge in [0.25, 0.3) is 0 Å². The number of aromatic nitrogens is 1. The molecule has 0 spiro atoms.